The van der Waals surface area contributed by atoms with Gasteiger partial charge in [-0.3, -0.25) is 0 Å². The van der Waals surface area contributed by atoms with Crippen LogP contribution in [-0.2, 0) is 11.3 Å². The third kappa shape index (κ3) is 4.33. The summed E-state index contributed by atoms with van der Waals surface area (Å²) in [5.41, 5.74) is 2.63. The van der Waals surface area contributed by atoms with E-state index in [1.54, 1.807) is 0 Å². The molecule has 1 heterocycles. The molecular weight excluding hydrogens is 280 g/mol. The van der Waals surface area contributed by atoms with Gasteiger partial charge in [-0.25, -0.2) is 24.6 Å². The van der Waals surface area contributed by atoms with Crippen molar-refractivity contribution in [3.8, 4) is 0 Å². The van der Waals surface area contributed by atoms with Crippen LogP contribution in [0.4, 0.5) is 26.1 Å². The molecule has 0 aliphatic carbocycles. The van der Waals surface area contributed by atoms with Crippen molar-refractivity contribution < 1.29 is 13.5 Å². The summed E-state index contributed by atoms with van der Waals surface area (Å²) < 4.78 is 31.5. The van der Waals surface area contributed by atoms with E-state index in [0.717, 1.165) is 18.2 Å². The van der Waals surface area contributed by atoms with Crippen molar-refractivity contribution in [3.05, 3.63) is 41.7 Å². The number of nitrogens with two attached hydrogens (primary N) is 1. The fraction of sp³-hybridized carbons (Fsp3) is 0.231. The van der Waals surface area contributed by atoms with Crippen LogP contribution < -0.4 is 16.6 Å². The first-order valence-corrected chi connectivity index (χ1v) is 6.26. The molecule has 0 unspecified atom stereocenters. The predicted octanol–water partition coefficient (Wildman–Crippen LogP) is 2.32. The fourth-order valence-electron chi connectivity index (χ4n) is 1.67. The van der Waals surface area contributed by atoms with Gasteiger partial charge < -0.3 is 15.5 Å². The summed E-state index contributed by atoms with van der Waals surface area (Å²) in [5.74, 6) is 5.07. The molecule has 1 aromatic carbocycles. The Morgan fingerprint density at radius 2 is 1.76 bits per heavy atom. The first kappa shape index (κ1) is 15.1. The van der Waals surface area contributed by atoms with Gasteiger partial charge in [0.15, 0.2) is 5.82 Å². The molecular formula is C13H15F2N5O. The van der Waals surface area contributed by atoms with Gasteiger partial charge in [-0.15, -0.1) is 0 Å². The van der Waals surface area contributed by atoms with E-state index in [0.29, 0.717) is 24.1 Å². The Morgan fingerprint density at radius 1 is 1.10 bits per heavy atom. The highest BCUT2D eigenvalue weighted by Gasteiger charge is 2.06. The maximum atomic E-state index is 13.2. The van der Waals surface area contributed by atoms with Crippen LogP contribution in [0.5, 0.6) is 0 Å². The van der Waals surface area contributed by atoms with Crippen molar-refractivity contribution >= 4 is 17.3 Å². The van der Waals surface area contributed by atoms with Gasteiger partial charge in [-0.1, -0.05) is 0 Å². The molecule has 112 valence electrons. The van der Waals surface area contributed by atoms with E-state index in [1.165, 1.54) is 6.07 Å². The molecule has 0 spiro atoms. The number of benzene rings is 1. The number of halogens is 2. The molecule has 0 aliphatic rings. The third-order valence-corrected chi connectivity index (χ3v) is 2.49. The number of nitrogens with one attached hydrogen (secondary N) is 2. The highest BCUT2D eigenvalue weighted by molar-refractivity contribution is 5.59. The van der Waals surface area contributed by atoms with Crippen molar-refractivity contribution in [2.24, 2.45) is 5.84 Å². The highest BCUT2D eigenvalue weighted by Crippen LogP contribution is 2.19. The van der Waals surface area contributed by atoms with Crippen LogP contribution in [0.2, 0.25) is 0 Å². The molecule has 0 saturated heterocycles. The Morgan fingerprint density at radius 3 is 2.38 bits per heavy atom. The van der Waals surface area contributed by atoms with Crippen molar-refractivity contribution in [1.29, 1.82) is 0 Å². The van der Waals surface area contributed by atoms with Gasteiger partial charge in [0.25, 0.3) is 0 Å². The number of nitrogens with zero attached hydrogens (tertiary/aromatic N) is 2. The number of ether oxygens (including phenoxy) is 1. The summed E-state index contributed by atoms with van der Waals surface area (Å²) in [6, 6.07) is 4.61. The van der Waals surface area contributed by atoms with Crippen LogP contribution in [-0.4, -0.2) is 16.6 Å². The summed E-state index contributed by atoms with van der Waals surface area (Å²) in [5, 5.41) is 2.79. The molecule has 0 bridgehead atoms. The second-order valence-corrected chi connectivity index (χ2v) is 4.12. The maximum Gasteiger partial charge on any atom is 0.158 e. The van der Waals surface area contributed by atoms with Crippen molar-refractivity contribution in [2.75, 3.05) is 17.3 Å². The summed E-state index contributed by atoms with van der Waals surface area (Å²) in [7, 11) is 0. The van der Waals surface area contributed by atoms with E-state index in [9.17, 15) is 8.78 Å². The minimum absolute atomic E-state index is 0.207. The van der Waals surface area contributed by atoms with E-state index in [1.807, 2.05) is 6.92 Å². The van der Waals surface area contributed by atoms with Crippen LogP contribution in [0.25, 0.3) is 0 Å². The zero-order valence-electron chi connectivity index (χ0n) is 11.4. The lowest BCUT2D eigenvalue weighted by Crippen LogP contribution is -2.12. The average molecular weight is 295 g/mol. The largest absolute Gasteiger partial charge is 0.374 e. The molecule has 6 nitrogen and oxygen atoms in total. The van der Waals surface area contributed by atoms with E-state index in [2.05, 4.69) is 20.7 Å². The molecule has 0 saturated carbocycles. The lowest BCUT2D eigenvalue weighted by Gasteiger charge is -2.10. The lowest BCUT2D eigenvalue weighted by molar-refractivity contribution is 0.128. The van der Waals surface area contributed by atoms with Gasteiger partial charge in [0, 0.05) is 24.4 Å². The minimum atomic E-state index is -0.682. The second kappa shape index (κ2) is 6.91. The molecule has 4 N–H and O–H groups in total. The zero-order chi connectivity index (χ0) is 15.2. The highest BCUT2D eigenvalue weighted by atomic mass is 19.1. The molecule has 0 aliphatic heterocycles. The monoisotopic (exact) mass is 295 g/mol. The number of anilines is 3. The van der Waals surface area contributed by atoms with Gasteiger partial charge >= 0.3 is 0 Å². The number of hydrazine groups is 1. The zero-order valence-corrected chi connectivity index (χ0v) is 11.4. The SMILES string of the molecule is CCOCc1nc(NN)cc(Nc2cc(F)cc(F)c2)n1. The standard InChI is InChI=1S/C13H15F2N5O/c1-2-21-7-13-18-11(6-12(19-13)20-16)17-10-4-8(14)3-9(15)5-10/h3-6H,2,7,16H2,1H3,(H2,17,18,19,20). The fourth-order valence-corrected chi connectivity index (χ4v) is 1.67. The summed E-state index contributed by atoms with van der Waals surface area (Å²) in [6.45, 7) is 2.57. The molecule has 8 heteroatoms. The minimum Gasteiger partial charge on any atom is -0.374 e. The third-order valence-electron chi connectivity index (χ3n) is 2.49. The quantitative estimate of drug-likeness (QED) is 0.560. The Balaban J connectivity index is 2.25. The molecule has 0 fully saturated rings. The van der Waals surface area contributed by atoms with Crippen LogP contribution >= 0.6 is 0 Å². The van der Waals surface area contributed by atoms with E-state index < -0.39 is 11.6 Å². The molecule has 1 aromatic heterocycles. The Kier molecular flexibility index (Phi) is 4.96. The first-order chi connectivity index (χ1) is 10.1. The predicted molar refractivity (Wildman–Crippen MR) is 74.8 cm³/mol. The van der Waals surface area contributed by atoms with E-state index in [4.69, 9.17) is 10.6 Å². The Hall–Kier alpha value is -2.32. The maximum absolute atomic E-state index is 13.2. The van der Waals surface area contributed by atoms with Crippen LogP contribution in [0, 0.1) is 11.6 Å². The molecule has 0 radical (unpaired) electrons. The number of rotatable bonds is 6. The topological polar surface area (TPSA) is 85.1 Å². The molecule has 2 aromatic rings. The smallest absolute Gasteiger partial charge is 0.158 e. The molecule has 0 atom stereocenters. The first-order valence-electron chi connectivity index (χ1n) is 6.26. The normalized spacial score (nSPS) is 10.5. The van der Waals surface area contributed by atoms with Gasteiger partial charge in [0.1, 0.15) is 29.9 Å². The van der Waals surface area contributed by atoms with Gasteiger partial charge in [0.2, 0.25) is 0 Å². The number of hydrogen-bond acceptors (Lipinski definition) is 6. The van der Waals surface area contributed by atoms with E-state index >= 15 is 0 Å². The van der Waals surface area contributed by atoms with E-state index in [-0.39, 0.29) is 12.3 Å². The van der Waals surface area contributed by atoms with Crippen LogP contribution in [0.3, 0.4) is 0 Å². The molecule has 0 amide bonds. The van der Waals surface area contributed by atoms with Crippen molar-refractivity contribution in [1.82, 2.24) is 9.97 Å². The Labute approximate surface area is 120 Å². The second-order valence-electron chi connectivity index (χ2n) is 4.12. The van der Waals surface area contributed by atoms with Crippen LogP contribution in [0.1, 0.15) is 12.7 Å². The summed E-state index contributed by atoms with van der Waals surface area (Å²) in [4.78, 5) is 8.29. The Bertz CT molecular complexity index is 603. The number of hydrogen-bond donors (Lipinski definition) is 3. The van der Waals surface area contributed by atoms with Crippen molar-refractivity contribution in [3.63, 3.8) is 0 Å². The van der Waals surface area contributed by atoms with Gasteiger partial charge in [-0.2, -0.15) is 0 Å². The number of aromatic nitrogens is 2. The summed E-state index contributed by atoms with van der Waals surface area (Å²) in [6.07, 6.45) is 0. The van der Waals surface area contributed by atoms with Crippen molar-refractivity contribution in [2.45, 2.75) is 13.5 Å². The molecule has 21 heavy (non-hydrogen) atoms. The molecule has 2 rings (SSSR count). The van der Waals surface area contributed by atoms with Gasteiger partial charge in [-0.05, 0) is 19.1 Å². The lowest BCUT2D eigenvalue weighted by atomic mass is 10.3. The van der Waals surface area contributed by atoms with Gasteiger partial charge in [0.05, 0.1) is 0 Å². The summed E-state index contributed by atoms with van der Waals surface area (Å²) >= 11 is 0. The average Bonchev–Trinajstić information content (AvgIpc) is 2.43. The van der Waals surface area contributed by atoms with Crippen LogP contribution in [0.15, 0.2) is 24.3 Å². The number of nitrogen functional groups attached to an aromatic ring is 1.